The first kappa shape index (κ1) is 16.4. The molecule has 1 aliphatic heterocycles. The van der Waals surface area contributed by atoms with Crippen LogP contribution in [0.1, 0.15) is 17.7 Å². The monoisotopic (exact) mass is 330 g/mol. The van der Waals surface area contributed by atoms with Crippen LogP contribution in [0.4, 0.5) is 4.79 Å². The molecule has 0 bridgehead atoms. The zero-order chi connectivity index (χ0) is 16.6. The van der Waals surface area contributed by atoms with Crippen LogP contribution in [0.5, 0.6) is 5.75 Å². The smallest absolute Gasteiger partial charge is 0.314 e. The molecule has 1 aliphatic rings. The molecule has 2 N–H and O–H groups in total. The number of benzene rings is 1. The molecule has 6 heteroatoms. The van der Waals surface area contributed by atoms with E-state index in [4.69, 9.17) is 13.9 Å². The minimum atomic E-state index is -0.180. The van der Waals surface area contributed by atoms with Gasteiger partial charge in [0.2, 0.25) is 0 Å². The number of hydrogen-bond donors (Lipinski definition) is 2. The molecule has 3 rings (SSSR count). The van der Waals surface area contributed by atoms with Crippen molar-refractivity contribution in [2.75, 3.05) is 19.7 Å². The van der Waals surface area contributed by atoms with Gasteiger partial charge in [0.1, 0.15) is 24.2 Å². The van der Waals surface area contributed by atoms with Crippen LogP contribution >= 0.6 is 0 Å². The number of urea groups is 1. The van der Waals surface area contributed by atoms with Gasteiger partial charge in [0.25, 0.3) is 0 Å². The lowest BCUT2D eigenvalue weighted by Crippen LogP contribution is -2.41. The Kier molecular flexibility index (Phi) is 5.74. The summed E-state index contributed by atoms with van der Waals surface area (Å²) in [4.78, 5) is 11.8. The summed E-state index contributed by atoms with van der Waals surface area (Å²) in [5.41, 5.74) is 1.19. The van der Waals surface area contributed by atoms with Crippen LogP contribution in [0.15, 0.2) is 47.1 Å². The van der Waals surface area contributed by atoms with E-state index in [9.17, 15) is 4.79 Å². The maximum atomic E-state index is 11.8. The SMILES string of the molecule is O=C(NCCCOCc1ccco1)NC[C@H]1Cc2ccccc2O1. The third kappa shape index (κ3) is 4.76. The number of ether oxygens (including phenoxy) is 2. The Morgan fingerprint density at radius 2 is 2.12 bits per heavy atom. The number of fused-ring (bicyclic) bond motifs is 1. The predicted molar refractivity (Wildman–Crippen MR) is 88.9 cm³/mol. The second-order valence-electron chi connectivity index (χ2n) is 5.67. The van der Waals surface area contributed by atoms with Crippen molar-refractivity contribution < 1.29 is 18.7 Å². The molecule has 2 heterocycles. The zero-order valence-corrected chi connectivity index (χ0v) is 13.5. The molecular formula is C18H22N2O4. The molecule has 1 aromatic carbocycles. The van der Waals surface area contributed by atoms with Gasteiger partial charge in [-0.3, -0.25) is 0 Å². The molecule has 128 valence electrons. The average molecular weight is 330 g/mol. The van der Waals surface area contributed by atoms with E-state index in [1.807, 2.05) is 30.3 Å². The summed E-state index contributed by atoms with van der Waals surface area (Å²) in [7, 11) is 0. The second kappa shape index (κ2) is 8.40. The molecule has 6 nitrogen and oxygen atoms in total. The Balaban J connectivity index is 1.22. The first-order valence-electron chi connectivity index (χ1n) is 8.17. The van der Waals surface area contributed by atoms with Crippen LogP contribution in [0.3, 0.4) is 0 Å². The summed E-state index contributed by atoms with van der Waals surface area (Å²) < 4.78 is 16.4. The number of para-hydroxylation sites is 1. The van der Waals surface area contributed by atoms with E-state index >= 15 is 0 Å². The van der Waals surface area contributed by atoms with E-state index in [1.54, 1.807) is 6.26 Å². The summed E-state index contributed by atoms with van der Waals surface area (Å²) in [6.07, 6.45) is 3.21. The summed E-state index contributed by atoms with van der Waals surface area (Å²) in [6.45, 7) is 2.09. The Morgan fingerprint density at radius 1 is 1.21 bits per heavy atom. The fourth-order valence-electron chi connectivity index (χ4n) is 2.58. The van der Waals surface area contributed by atoms with Gasteiger partial charge in [0.05, 0.1) is 12.8 Å². The largest absolute Gasteiger partial charge is 0.488 e. The van der Waals surface area contributed by atoms with Gasteiger partial charge in [-0.2, -0.15) is 0 Å². The van der Waals surface area contributed by atoms with E-state index in [2.05, 4.69) is 16.7 Å². The zero-order valence-electron chi connectivity index (χ0n) is 13.5. The van der Waals surface area contributed by atoms with Crippen LogP contribution in [-0.2, 0) is 17.8 Å². The molecule has 2 amide bonds. The number of carbonyl (C=O) groups excluding carboxylic acids is 1. The summed E-state index contributed by atoms with van der Waals surface area (Å²) in [6, 6.07) is 11.5. The molecule has 0 fully saturated rings. The Labute approximate surface area is 141 Å². The Morgan fingerprint density at radius 3 is 2.96 bits per heavy atom. The minimum Gasteiger partial charge on any atom is -0.488 e. The van der Waals surface area contributed by atoms with Crippen molar-refractivity contribution in [1.82, 2.24) is 10.6 Å². The van der Waals surface area contributed by atoms with Gasteiger partial charge in [0, 0.05) is 19.6 Å². The van der Waals surface area contributed by atoms with Gasteiger partial charge in [-0.25, -0.2) is 4.79 Å². The number of nitrogens with one attached hydrogen (secondary N) is 2. The highest BCUT2D eigenvalue weighted by atomic mass is 16.5. The van der Waals surface area contributed by atoms with Crippen LogP contribution in [0.25, 0.3) is 0 Å². The van der Waals surface area contributed by atoms with Gasteiger partial charge in [-0.15, -0.1) is 0 Å². The molecular weight excluding hydrogens is 308 g/mol. The molecule has 0 saturated carbocycles. The lowest BCUT2D eigenvalue weighted by molar-refractivity contribution is 0.104. The third-order valence-electron chi connectivity index (χ3n) is 3.78. The molecule has 0 unspecified atom stereocenters. The maximum Gasteiger partial charge on any atom is 0.314 e. The lowest BCUT2D eigenvalue weighted by Gasteiger charge is -2.12. The van der Waals surface area contributed by atoms with Crippen molar-refractivity contribution in [2.24, 2.45) is 0 Å². The van der Waals surface area contributed by atoms with Crippen molar-refractivity contribution in [3.63, 3.8) is 0 Å². The lowest BCUT2D eigenvalue weighted by atomic mass is 10.1. The highest BCUT2D eigenvalue weighted by Crippen LogP contribution is 2.27. The molecule has 2 aromatic rings. The highest BCUT2D eigenvalue weighted by Gasteiger charge is 2.22. The number of furan rings is 1. The van der Waals surface area contributed by atoms with Gasteiger partial charge in [0.15, 0.2) is 0 Å². The van der Waals surface area contributed by atoms with Crippen molar-refractivity contribution in [3.05, 3.63) is 54.0 Å². The number of hydrogen-bond acceptors (Lipinski definition) is 4. The van der Waals surface area contributed by atoms with Crippen LogP contribution in [0, 0.1) is 0 Å². The van der Waals surface area contributed by atoms with Gasteiger partial charge in [-0.05, 0) is 30.2 Å². The Hall–Kier alpha value is -2.47. The molecule has 0 aliphatic carbocycles. The average Bonchev–Trinajstić information content (AvgIpc) is 3.25. The molecule has 1 atom stereocenters. The molecule has 0 saturated heterocycles. The predicted octanol–water partition coefficient (Wildman–Crippen LogP) is 2.49. The second-order valence-corrected chi connectivity index (χ2v) is 5.67. The van der Waals surface area contributed by atoms with Crippen molar-refractivity contribution in [3.8, 4) is 5.75 Å². The molecule has 0 radical (unpaired) electrons. The first-order chi connectivity index (χ1) is 11.8. The molecule has 0 spiro atoms. The Bertz CT molecular complexity index is 617. The van der Waals surface area contributed by atoms with E-state index in [0.717, 1.165) is 24.4 Å². The summed E-state index contributed by atoms with van der Waals surface area (Å²) in [5.74, 6) is 1.72. The standard InChI is InChI=1S/C18H22N2O4/c21-18(19-8-4-9-22-13-15-6-3-10-23-15)20-12-16-11-14-5-1-2-7-17(14)24-16/h1-3,5-7,10,16H,4,8-9,11-13H2,(H2,19,20,21)/t16-/m1/s1. The fourth-order valence-corrected chi connectivity index (χ4v) is 2.58. The van der Waals surface area contributed by atoms with Crippen LogP contribution in [-0.4, -0.2) is 31.8 Å². The maximum absolute atomic E-state index is 11.8. The molecule has 24 heavy (non-hydrogen) atoms. The third-order valence-corrected chi connectivity index (χ3v) is 3.78. The van der Waals surface area contributed by atoms with E-state index in [-0.39, 0.29) is 12.1 Å². The van der Waals surface area contributed by atoms with Crippen LogP contribution < -0.4 is 15.4 Å². The summed E-state index contributed by atoms with van der Waals surface area (Å²) >= 11 is 0. The quantitative estimate of drug-likeness (QED) is 0.730. The summed E-state index contributed by atoms with van der Waals surface area (Å²) in [5, 5.41) is 5.65. The topological polar surface area (TPSA) is 72.7 Å². The fraction of sp³-hybridized carbons (Fsp3) is 0.389. The van der Waals surface area contributed by atoms with Crippen molar-refractivity contribution in [2.45, 2.75) is 25.6 Å². The minimum absolute atomic E-state index is 0.00443. The van der Waals surface area contributed by atoms with Crippen molar-refractivity contribution in [1.29, 1.82) is 0 Å². The number of amides is 2. The molecule has 1 aromatic heterocycles. The van der Waals surface area contributed by atoms with Gasteiger partial charge < -0.3 is 24.5 Å². The van der Waals surface area contributed by atoms with E-state index in [1.165, 1.54) is 5.56 Å². The van der Waals surface area contributed by atoms with Gasteiger partial charge >= 0.3 is 6.03 Å². The van der Waals surface area contributed by atoms with Crippen LogP contribution in [0.2, 0.25) is 0 Å². The highest BCUT2D eigenvalue weighted by molar-refractivity contribution is 5.73. The van der Waals surface area contributed by atoms with Gasteiger partial charge in [-0.1, -0.05) is 18.2 Å². The number of carbonyl (C=O) groups is 1. The normalized spacial score (nSPS) is 15.6. The first-order valence-corrected chi connectivity index (χ1v) is 8.17. The number of rotatable bonds is 8. The van der Waals surface area contributed by atoms with E-state index in [0.29, 0.717) is 26.3 Å². The van der Waals surface area contributed by atoms with Crippen molar-refractivity contribution >= 4 is 6.03 Å². The van der Waals surface area contributed by atoms with E-state index < -0.39 is 0 Å².